The van der Waals surface area contributed by atoms with Crippen molar-refractivity contribution in [3.63, 3.8) is 0 Å². The van der Waals surface area contributed by atoms with Gasteiger partial charge in [-0.05, 0) is 44.6 Å². The molecule has 0 saturated carbocycles. The summed E-state index contributed by atoms with van der Waals surface area (Å²) in [6.45, 7) is 2.05. The Kier molecular flexibility index (Phi) is 7.02. The molecule has 2 rings (SSSR count). The molecule has 6 nitrogen and oxygen atoms in total. The summed E-state index contributed by atoms with van der Waals surface area (Å²) in [5.41, 5.74) is 3.44. The molecule has 0 fully saturated rings. The van der Waals surface area contributed by atoms with Gasteiger partial charge >= 0.3 is 0 Å². The van der Waals surface area contributed by atoms with Gasteiger partial charge in [0.25, 0.3) is 0 Å². The van der Waals surface area contributed by atoms with E-state index in [0.717, 1.165) is 24.9 Å². The SMILES string of the molecule is CCCCNc1[nH]c(C#N)c(Br)c1-c1ccc(CO)c(CO)c1CO. The van der Waals surface area contributed by atoms with Crippen LogP contribution in [0.5, 0.6) is 0 Å². The molecule has 0 saturated heterocycles. The molecule has 25 heavy (non-hydrogen) atoms. The van der Waals surface area contributed by atoms with Crippen LogP contribution in [-0.4, -0.2) is 26.8 Å². The van der Waals surface area contributed by atoms with Crippen LogP contribution in [0.1, 0.15) is 42.1 Å². The third kappa shape index (κ3) is 3.88. The number of rotatable bonds is 8. The van der Waals surface area contributed by atoms with Crippen LogP contribution in [0.25, 0.3) is 11.1 Å². The number of aromatic nitrogens is 1. The number of benzene rings is 1. The van der Waals surface area contributed by atoms with Crippen LogP contribution >= 0.6 is 15.9 Å². The smallest absolute Gasteiger partial charge is 0.134 e. The molecule has 0 atom stereocenters. The fourth-order valence-corrected chi connectivity index (χ4v) is 3.43. The second-order valence-corrected chi connectivity index (χ2v) is 6.45. The molecule has 0 amide bonds. The second kappa shape index (κ2) is 9.02. The fourth-order valence-electron chi connectivity index (χ4n) is 2.83. The van der Waals surface area contributed by atoms with Crippen molar-refractivity contribution in [2.24, 2.45) is 0 Å². The molecule has 0 radical (unpaired) electrons. The summed E-state index contributed by atoms with van der Waals surface area (Å²) in [4.78, 5) is 3.06. The number of aromatic amines is 1. The Morgan fingerprint density at radius 1 is 1.16 bits per heavy atom. The standard InChI is InChI=1S/C18H22BrN3O3/c1-2-3-6-21-18-16(17(19)15(7-20)22-18)12-5-4-11(8-23)13(9-24)14(12)10-25/h4-5,21-25H,2-3,6,8-10H2,1H3. The van der Waals surface area contributed by atoms with Gasteiger partial charge in [0.15, 0.2) is 0 Å². The van der Waals surface area contributed by atoms with E-state index in [1.165, 1.54) is 0 Å². The number of aliphatic hydroxyl groups is 3. The third-order valence-electron chi connectivity index (χ3n) is 4.17. The average molecular weight is 408 g/mol. The summed E-state index contributed by atoms with van der Waals surface area (Å²) < 4.78 is 0.601. The topological polar surface area (TPSA) is 112 Å². The number of hydrogen-bond acceptors (Lipinski definition) is 5. The molecule has 134 valence electrons. The van der Waals surface area contributed by atoms with E-state index in [1.54, 1.807) is 12.1 Å². The van der Waals surface area contributed by atoms with E-state index in [4.69, 9.17) is 0 Å². The number of nitrogens with one attached hydrogen (secondary N) is 2. The summed E-state index contributed by atoms with van der Waals surface area (Å²) in [7, 11) is 0. The number of nitrogens with zero attached hydrogens (tertiary/aromatic N) is 1. The average Bonchev–Trinajstić information content (AvgIpc) is 2.95. The highest BCUT2D eigenvalue weighted by Gasteiger charge is 2.22. The molecule has 1 aromatic carbocycles. The molecule has 0 unspecified atom stereocenters. The van der Waals surface area contributed by atoms with E-state index in [1.807, 2.05) is 0 Å². The molecule has 2 aromatic rings. The maximum absolute atomic E-state index is 9.87. The van der Waals surface area contributed by atoms with Gasteiger partial charge in [-0.2, -0.15) is 5.26 Å². The Labute approximate surface area is 155 Å². The summed E-state index contributed by atoms with van der Waals surface area (Å²) in [5.74, 6) is 0.687. The third-order valence-corrected chi connectivity index (χ3v) is 4.96. The zero-order chi connectivity index (χ0) is 18.4. The van der Waals surface area contributed by atoms with E-state index in [9.17, 15) is 20.6 Å². The van der Waals surface area contributed by atoms with Gasteiger partial charge in [0.05, 0.1) is 24.3 Å². The van der Waals surface area contributed by atoms with Gasteiger partial charge in [0.2, 0.25) is 0 Å². The Morgan fingerprint density at radius 2 is 1.88 bits per heavy atom. The first-order chi connectivity index (χ1) is 12.1. The molecule has 5 N–H and O–H groups in total. The fraction of sp³-hybridized carbons (Fsp3) is 0.389. The Hall–Kier alpha value is -1.85. The molecule has 0 aliphatic carbocycles. The molecular formula is C18H22BrN3O3. The predicted molar refractivity (Wildman–Crippen MR) is 99.8 cm³/mol. The van der Waals surface area contributed by atoms with Crippen LogP contribution in [0.3, 0.4) is 0 Å². The maximum Gasteiger partial charge on any atom is 0.134 e. The molecule has 0 spiro atoms. The van der Waals surface area contributed by atoms with Crippen molar-refractivity contribution >= 4 is 21.7 Å². The Balaban J connectivity index is 2.64. The minimum absolute atomic E-state index is 0.220. The lowest BCUT2D eigenvalue weighted by Gasteiger charge is -2.16. The van der Waals surface area contributed by atoms with Gasteiger partial charge in [-0.1, -0.05) is 25.5 Å². The monoisotopic (exact) mass is 407 g/mol. The van der Waals surface area contributed by atoms with E-state index < -0.39 is 0 Å². The normalized spacial score (nSPS) is 10.7. The molecule has 0 bridgehead atoms. The van der Waals surface area contributed by atoms with Crippen LogP contribution in [-0.2, 0) is 19.8 Å². The van der Waals surface area contributed by atoms with Crippen LogP contribution in [0.2, 0.25) is 0 Å². The summed E-state index contributed by atoms with van der Waals surface area (Å²) in [6.07, 6.45) is 2.02. The van der Waals surface area contributed by atoms with E-state index in [0.29, 0.717) is 38.2 Å². The highest BCUT2D eigenvalue weighted by Crippen LogP contribution is 2.41. The van der Waals surface area contributed by atoms with Crippen molar-refractivity contribution in [2.45, 2.75) is 39.6 Å². The van der Waals surface area contributed by atoms with E-state index >= 15 is 0 Å². The Bertz CT molecular complexity index is 781. The first-order valence-electron chi connectivity index (χ1n) is 8.14. The highest BCUT2D eigenvalue weighted by atomic mass is 79.9. The number of aliphatic hydroxyl groups excluding tert-OH is 3. The lowest BCUT2D eigenvalue weighted by molar-refractivity contribution is 0.248. The minimum Gasteiger partial charge on any atom is -0.392 e. The van der Waals surface area contributed by atoms with Crippen LogP contribution in [0.4, 0.5) is 5.82 Å². The minimum atomic E-state index is -0.286. The van der Waals surface area contributed by atoms with Crippen molar-refractivity contribution in [1.29, 1.82) is 5.26 Å². The predicted octanol–water partition coefficient (Wildman–Crippen LogP) is 3.00. The largest absolute Gasteiger partial charge is 0.392 e. The first kappa shape index (κ1) is 19.5. The van der Waals surface area contributed by atoms with Gasteiger partial charge in [-0.25, -0.2) is 0 Å². The zero-order valence-electron chi connectivity index (χ0n) is 14.1. The van der Waals surface area contributed by atoms with Crippen molar-refractivity contribution in [1.82, 2.24) is 4.98 Å². The van der Waals surface area contributed by atoms with Crippen LogP contribution in [0.15, 0.2) is 16.6 Å². The summed E-state index contributed by atoms with van der Waals surface area (Å²) >= 11 is 3.47. The van der Waals surface area contributed by atoms with Crippen molar-refractivity contribution in [3.05, 3.63) is 39.0 Å². The van der Waals surface area contributed by atoms with Crippen molar-refractivity contribution in [3.8, 4) is 17.2 Å². The number of unbranched alkanes of at least 4 members (excludes halogenated alkanes) is 1. The number of H-pyrrole nitrogens is 1. The zero-order valence-corrected chi connectivity index (χ0v) is 15.7. The second-order valence-electron chi connectivity index (χ2n) is 5.66. The number of anilines is 1. The highest BCUT2D eigenvalue weighted by molar-refractivity contribution is 9.10. The molecule has 7 heteroatoms. The number of nitriles is 1. The van der Waals surface area contributed by atoms with Gasteiger partial charge in [0.1, 0.15) is 17.6 Å². The van der Waals surface area contributed by atoms with Crippen LogP contribution in [0, 0.1) is 11.3 Å². The lowest BCUT2D eigenvalue weighted by atomic mass is 9.93. The Morgan fingerprint density at radius 3 is 2.44 bits per heavy atom. The van der Waals surface area contributed by atoms with Gasteiger partial charge < -0.3 is 25.6 Å². The molecule has 0 aliphatic rings. The molecule has 1 aromatic heterocycles. The molecule has 0 aliphatic heterocycles. The van der Waals surface area contributed by atoms with E-state index in [-0.39, 0.29) is 19.8 Å². The lowest BCUT2D eigenvalue weighted by Crippen LogP contribution is -2.06. The maximum atomic E-state index is 9.87. The first-order valence-corrected chi connectivity index (χ1v) is 8.94. The van der Waals surface area contributed by atoms with Gasteiger partial charge in [0, 0.05) is 12.1 Å². The summed E-state index contributed by atoms with van der Waals surface area (Å²) in [6, 6.07) is 5.62. The van der Waals surface area contributed by atoms with Crippen molar-refractivity contribution in [2.75, 3.05) is 11.9 Å². The molecule has 1 heterocycles. The number of hydrogen-bond donors (Lipinski definition) is 5. The van der Waals surface area contributed by atoms with Gasteiger partial charge in [-0.3, -0.25) is 0 Å². The molecular weight excluding hydrogens is 386 g/mol. The quantitative estimate of drug-likeness (QED) is 0.431. The summed E-state index contributed by atoms with van der Waals surface area (Å²) in [5, 5.41) is 41.6. The van der Waals surface area contributed by atoms with E-state index in [2.05, 4.69) is 39.2 Å². The van der Waals surface area contributed by atoms with Gasteiger partial charge in [-0.15, -0.1) is 0 Å². The van der Waals surface area contributed by atoms with Crippen molar-refractivity contribution < 1.29 is 15.3 Å². The van der Waals surface area contributed by atoms with Crippen LogP contribution < -0.4 is 5.32 Å². The number of halogens is 1.